The van der Waals surface area contributed by atoms with E-state index in [2.05, 4.69) is 13.0 Å². The summed E-state index contributed by atoms with van der Waals surface area (Å²) in [4.78, 5) is 11.2. The summed E-state index contributed by atoms with van der Waals surface area (Å²) in [7, 11) is -3.35. The van der Waals surface area contributed by atoms with E-state index in [1.54, 1.807) is 19.9 Å². The number of rotatable bonds is 8. The maximum absolute atomic E-state index is 12.1. The molecule has 1 unspecified atom stereocenters. The van der Waals surface area contributed by atoms with E-state index in [0.717, 1.165) is 0 Å². The Labute approximate surface area is 177 Å². The topological polar surface area (TPSA) is 61.8 Å². The Kier molecular flexibility index (Phi) is 16.6. The maximum atomic E-state index is 12.1. The summed E-state index contributed by atoms with van der Waals surface area (Å²) >= 11 is 5.38. The van der Waals surface area contributed by atoms with Crippen LogP contribution in [-0.4, -0.2) is 25.0 Å². The van der Waals surface area contributed by atoms with Crippen LogP contribution in [0.1, 0.15) is 33.6 Å². The Balaban J connectivity index is 0. The van der Waals surface area contributed by atoms with E-state index in [-0.39, 0.29) is 50.7 Å². The van der Waals surface area contributed by atoms with Crippen LogP contribution >= 0.6 is 19.2 Å². The van der Waals surface area contributed by atoms with Gasteiger partial charge >= 0.3 is 44.7 Å². The molecule has 0 saturated heterocycles. The van der Waals surface area contributed by atoms with Crippen molar-refractivity contribution in [3.8, 4) is 0 Å². The van der Waals surface area contributed by atoms with Crippen LogP contribution in [-0.2, 0) is 23.1 Å². The van der Waals surface area contributed by atoms with Gasteiger partial charge < -0.3 is 20.7 Å². The number of esters is 1. The molecule has 9 heteroatoms. The van der Waals surface area contributed by atoms with E-state index in [1.165, 1.54) is 19.1 Å². The summed E-state index contributed by atoms with van der Waals surface area (Å²) in [5.74, 6) is -1.74. The van der Waals surface area contributed by atoms with Crippen molar-refractivity contribution in [1.29, 1.82) is 0 Å². The molecular formula is C16H23ClFO5PU. The van der Waals surface area contributed by atoms with Crippen LogP contribution < -0.4 is 0 Å². The summed E-state index contributed by atoms with van der Waals surface area (Å²) in [5, 5.41) is 0.404. The van der Waals surface area contributed by atoms with Gasteiger partial charge in [0.1, 0.15) is 0 Å². The van der Waals surface area contributed by atoms with E-state index in [9.17, 15) is 13.8 Å². The summed E-state index contributed by atoms with van der Waals surface area (Å²) < 4.78 is 39.2. The molecule has 1 atom stereocenters. The van der Waals surface area contributed by atoms with Crippen molar-refractivity contribution in [2.75, 3.05) is 13.2 Å². The van der Waals surface area contributed by atoms with Gasteiger partial charge in [-0.2, -0.15) is 18.6 Å². The number of benzene rings is 1. The molecule has 0 amide bonds. The summed E-state index contributed by atoms with van der Waals surface area (Å²) in [6.45, 7) is 8.94. The van der Waals surface area contributed by atoms with E-state index in [1.807, 2.05) is 0 Å². The average molecular weight is 619 g/mol. The van der Waals surface area contributed by atoms with Gasteiger partial charge in [-0.1, -0.05) is 5.02 Å². The molecule has 0 heterocycles. The van der Waals surface area contributed by atoms with Gasteiger partial charge in [0, 0.05) is 12.2 Å². The second-order valence-corrected chi connectivity index (χ2v) is 7.18. The van der Waals surface area contributed by atoms with Crippen LogP contribution in [0.3, 0.4) is 0 Å². The quantitative estimate of drug-likeness (QED) is 0.232. The third-order valence-corrected chi connectivity index (χ3v) is 4.94. The molecule has 0 aromatic heterocycles. The number of hydrogen-bond donors (Lipinski definition) is 0. The SMILES string of the molecule is Fc1[c-]ccc(Cl)c1.[CH2-]CCC(=O)OC(C)P(=O)(OCC)OCC.[U+2]. The molecule has 0 spiro atoms. The van der Waals surface area contributed by atoms with Gasteiger partial charge in [-0.05, 0) is 20.8 Å². The normalized spacial score (nSPS) is 11.6. The number of carbonyl (C=O) groups is 1. The van der Waals surface area contributed by atoms with Gasteiger partial charge in [0.05, 0.1) is 13.2 Å². The fourth-order valence-electron chi connectivity index (χ4n) is 1.48. The predicted octanol–water partition coefficient (Wildman–Crippen LogP) is 5.04. The zero-order valence-corrected chi connectivity index (χ0v) is 20.4. The van der Waals surface area contributed by atoms with Crippen molar-refractivity contribution < 1.29 is 58.6 Å². The fraction of sp³-hybridized carbons (Fsp3) is 0.500. The third-order valence-electron chi connectivity index (χ3n) is 2.47. The van der Waals surface area contributed by atoms with Crippen molar-refractivity contribution >= 4 is 25.2 Å². The van der Waals surface area contributed by atoms with Crippen LogP contribution in [0, 0.1) is 49.9 Å². The van der Waals surface area contributed by atoms with Crippen LogP contribution in [0.25, 0.3) is 0 Å². The van der Waals surface area contributed by atoms with Gasteiger partial charge in [-0.3, -0.25) is 9.36 Å². The summed E-state index contributed by atoms with van der Waals surface area (Å²) in [6, 6.07) is 6.55. The maximum Gasteiger partial charge on any atom is 2.00 e. The number of hydrogen-bond acceptors (Lipinski definition) is 5. The molecule has 140 valence electrons. The Hall–Kier alpha value is 0.112. The molecular weight excluding hydrogens is 596 g/mol. The van der Waals surface area contributed by atoms with Crippen molar-refractivity contribution in [1.82, 2.24) is 0 Å². The van der Waals surface area contributed by atoms with Crippen LogP contribution in [0.4, 0.5) is 4.39 Å². The van der Waals surface area contributed by atoms with E-state index in [4.69, 9.17) is 25.4 Å². The zero-order valence-electron chi connectivity index (χ0n) is 14.6. The monoisotopic (exact) mass is 618 g/mol. The standard InChI is InChI=1S/C10H20O5P.C6H3ClF.U/c1-5-8-10(11)15-9(4)16(12,13-6-2)14-7-3;7-5-2-1-3-6(8)4-5;/h9H,1,5-8H2,2-4H3;1-2,4H;/q2*-1;+2. The molecule has 5 nitrogen and oxygen atoms in total. The molecule has 1 rings (SSSR count). The van der Waals surface area contributed by atoms with E-state index in [0.29, 0.717) is 11.4 Å². The molecule has 0 radical (unpaired) electrons. The number of carbonyl (C=O) groups excluding carboxylic acids is 1. The first-order chi connectivity index (χ1) is 11.3. The summed E-state index contributed by atoms with van der Waals surface area (Å²) in [5.41, 5.74) is 0. The largest absolute Gasteiger partial charge is 2.00 e. The minimum Gasteiger partial charge on any atom is -0.450 e. The molecule has 0 aliphatic carbocycles. The first kappa shape index (κ1) is 27.3. The molecule has 0 aliphatic heterocycles. The Morgan fingerprint density at radius 3 is 2.32 bits per heavy atom. The van der Waals surface area contributed by atoms with Crippen molar-refractivity contribution in [2.45, 2.75) is 39.5 Å². The fourth-order valence-corrected chi connectivity index (χ4v) is 3.10. The van der Waals surface area contributed by atoms with Crippen LogP contribution in [0.2, 0.25) is 5.02 Å². The zero-order chi connectivity index (χ0) is 18.6. The number of halogens is 2. The average Bonchev–Trinajstić information content (AvgIpc) is 2.48. The molecule has 0 aliphatic rings. The minimum atomic E-state index is -3.35. The summed E-state index contributed by atoms with van der Waals surface area (Å²) in [6.07, 6.45) is 0.641. The van der Waals surface area contributed by atoms with Gasteiger partial charge in [0.15, 0.2) is 5.85 Å². The van der Waals surface area contributed by atoms with E-state index >= 15 is 0 Å². The number of ether oxygens (including phenoxy) is 1. The molecule has 1 aromatic carbocycles. The van der Waals surface area contributed by atoms with Crippen molar-refractivity contribution in [3.05, 3.63) is 42.0 Å². The third kappa shape index (κ3) is 12.2. The van der Waals surface area contributed by atoms with Gasteiger partial charge in [0.2, 0.25) is 0 Å². The van der Waals surface area contributed by atoms with Crippen molar-refractivity contribution in [3.63, 3.8) is 0 Å². The van der Waals surface area contributed by atoms with E-state index < -0.39 is 25.2 Å². The van der Waals surface area contributed by atoms with Crippen LogP contribution in [0.5, 0.6) is 0 Å². The first-order valence-corrected chi connectivity index (χ1v) is 9.48. The van der Waals surface area contributed by atoms with Gasteiger partial charge in [-0.25, -0.2) is 4.39 Å². The second-order valence-electron chi connectivity index (χ2n) is 4.42. The molecule has 0 fully saturated rings. The predicted molar refractivity (Wildman–Crippen MR) is 91.2 cm³/mol. The Bertz CT molecular complexity index is 520. The Morgan fingerprint density at radius 1 is 1.40 bits per heavy atom. The molecule has 0 bridgehead atoms. The second kappa shape index (κ2) is 15.2. The van der Waals surface area contributed by atoms with Gasteiger partial charge in [0.25, 0.3) is 0 Å². The first-order valence-electron chi connectivity index (χ1n) is 7.49. The van der Waals surface area contributed by atoms with Crippen LogP contribution in [0.15, 0.2) is 18.2 Å². The molecule has 0 saturated carbocycles. The molecule has 0 N–H and O–H groups in total. The van der Waals surface area contributed by atoms with Gasteiger partial charge in [-0.15, -0.1) is 23.7 Å². The molecule has 25 heavy (non-hydrogen) atoms. The smallest absolute Gasteiger partial charge is 0.450 e. The van der Waals surface area contributed by atoms with Crippen molar-refractivity contribution in [2.24, 2.45) is 0 Å². The minimum absolute atomic E-state index is 0. The Morgan fingerprint density at radius 2 is 1.96 bits per heavy atom. The molecule has 1 aromatic rings.